The number of rotatable bonds is 6. The summed E-state index contributed by atoms with van der Waals surface area (Å²) in [5.41, 5.74) is 5.39. The highest BCUT2D eigenvalue weighted by atomic mass is 16.6. The van der Waals surface area contributed by atoms with Crippen LogP contribution in [0.15, 0.2) is 4.99 Å². The summed E-state index contributed by atoms with van der Waals surface area (Å²) in [6.07, 6.45) is 1.58. The zero-order valence-corrected chi connectivity index (χ0v) is 16.3. The standard InChI is InChI=1S/C17H33N5O4/c1-5-25-16(24)22-11-7-13(8-12-22)21-14(18)19-9-6-10-20-15(23)26-17(2,3)4/h13H,5-12H2,1-4H3,(H,20,23)(H3,18,19,21). The van der Waals surface area contributed by atoms with E-state index in [0.29, 0.717) is 45.2 Å². The minimum Gasteiger partial charge on any atom is -0.450 e. The Morgan fingerprint density at radius 1 is 1.27 bits per heavy atom. The molecule has 0 aromatic rings. The molecule has 1 heterocycles. The quantitative estimate of drug-likeness (QED) is 0.369. The smallest absolute Gasteiger partial charge is 0.409 e. The summed E-state index contributed by atoms with van der Waals surface area (Å²) in [7, 11) is 0. The van der Waals surface area contributed by atoms with Crippen LogP contribution in [0.25, 0.3) is 0 Å². The number of carbonyl (C=O) groups is 2. The van der Waals surface area contributed by atoms with Crippen LogP contribution in [-0.4, -0.2) is 67.5 Å². The van der Waals surface area contributed by atoms with E-state index >= 15 is 0 Å². The maximum absolute atomic E-state index is 11.7. The van der Waals surface area contributed by atoms with Crippen LogP contribution in [0.1, 0.15) is 47.0 Å². The molecular formula is C17H33N5O4. The predicted molar refractivity (Wildman–Crippen MR) is 100 cm³/mol. The third-order valence-electron chi connectivity index (χ3n) is 3.66. The fourth-order valence-corrected chi connectivity index (χ4v) is 2.46. The number of ether oxygens (including phenoxy) is 2. The lowest BCUT2D eigenvalue weighted by Crippen LogP contribution is -2.48. The number of hydrogen-bond acceptors (Lipinski definition) is 5. The van der Waals surface area contributed by atoms with Crippen LogP contribution in [0.2, 0.25) is 0 Å². The highest BCUT2D eigenvalue weighted by molar-refractivity contribution is 5.78. The van der Waals surface area contributed by atoms with Gasteiger partial charge >= 0.3 is 12.2 Å². The molecule has 0 aromatic carbocycles. The average Bonchev–Trinajstić information content (AvgIpc) is 2.53. The van der Waals surface area contributed by atoms with Crippen LogP contribution in [0.4, 0.5) is 9.59 Å². The predicted octanol–water partition coefficient (Wildman–Crippen LogP) is 1.43. The Hall–Kier alpha value is -2.19. The van der Waals surface area contributed by atoms with Crippen molar-refractivity contribution in [3.05, 3.63) is 0 Å². The lowest BCUT2D eigenvalue weighted by atomic mass is 10.1. The lowest BCUT2D eigenvalue weighted by Gasteiger charge is -2.31. The first kappa shape index (κ1) is 21.9. The minimum atomic E-state index is -0.501. The van der Waals surface area contributed by atoms with Gasteiger partial charge in [0.15, 0.2) is 5.96 Å². The van der Waals surface area contributed by atoms with Crippen molar-refractivity contribution in [3.8, 4) is 0 Å². The Balaban J connectivity index is 2.17. The number of piperidine rings is 1. The van der Waals surface area contributed by atoms with E-state index in [1.807, 2.05) is 20.8 Å². The molecule has 0 atom stereocenters. The number of likely N-dealkylation sites (tertiary alicyclic amines) is 1. The Morgan fingerprint density at radius 2 is 1.92 bits per heavy atom. The second kappa shape index (κ2) is 10.7. The van der Waals surface area contributed by atoms with Crippen molar-refractivity contribution >= 4 is 18.1 Å². The molecule has 0 radical (unpaired) electrons. The lowest BCUT2D eigenvalue weighted by molar-refractivity contribution is 0.0527. The van der Waals surface area contributed by atoms with Crippen molar-refractivity contribution in [2.24, 2.45) is 10.7 Å². The van der Waals surface area contributed by atoms with Crippen LogP contribution in [0.3, 0.4) is 0 Å². The molecule has 26 heavy (non-hydrogen) atoms. The third-order valence-corrected chi connectivity index (χ3v) is 3.66. The fraction of sp³-hybridized carbons (Fsp3) is 0.824. The summed E-state index contributed by atoms with van der Waals surface area (Å²) in [6, 6.07) is 0.198. The molecule has 0 aromatic heterocycles. The van der Waals surface area contributed by atoms with Crippen molar-refractivity contribution < 1.29 is 19.1 Å². The number of carbonyl (C=O) groups excluding carboxylic acids is 2. The molecule has 0 spiro atoms. The van der Waals surface area contributed by atoms with Gasteiger partial charge in [0.1, 0.15) is 5.60 Å². The van der Waals surface area contributed by atoms with Crippen LogP contribution in [0.5, 0.6) is 0 Å². The van der Waals surface area contributed by atoms with Gasteiger partial charge < -0.3 is 30.7 Å². The highest BCUT2D eigenvalue weighted by Gasteiger charge is 2.23. The summed E-state index contributed by atoms with van der Waals surface area (Å²) in [5.74, 6) is 0.386. The fourth-order valence-electron chi connectivity index (χ4n) is 2.46. The Kier molecular flexibility index (Phi) is 9.01. The number of hydrogen-bond donors (Lipinski definition) is 3. The van der Waals surface area contributed by atoms with Gasteiger partial charge in [0.25, 0.3) is 0 Å². The van der Waals surface area contributed by atoms with E-state index in [2.05, 4.69) is 15.6 Å². The Labute approximate surface area is 155 Å². The Morgan fingerprint density at radius 3 is 2.50 bits per heavy atom. The molecular weight excluding hydrogens is 338 g/mol. The molecule has 0 saturated carbocycles. The molecule has 1 saturated heterocycles. The van der Waals surface area contributed by atoms with Crippen molar-refractivity contribution in [1.82, 2.24) is 15.5 Å². The second-order valence-electron chi connectivity index (χ2n) is 7.15. The summed E-state index contributed by atoms with van der Waals surface area (Å²) in [5, 5.41) is 5.86. The number of aliphatic imine (C=N–C) groups is 1. The van der Waals surface area contributed by atoms with E-state index in [1.165, 1.54) is 0 Å². The van der Waals surface area contributed by atoms with Crippen molar-refractivity contribution in [1.29, 1.82) is 0 Å². The molecule has 9 nitrogen and oxygen atoms in total. The number of amides is 2. The van der Waals surface area contributed by atoms with Gasteiger partial charge in [-0.3, -0.25) is 4.99 Å². The van der Waals surface area contributed by atoms with E-state index in [0.717, 1.165) is 12.8 Å². The van der Waals surface area contributed by atoms with Crippen LogP contribution < -0.4 is 16.4 Å². The van der Waals surface area contributed by atoms with Crippen LogP contribution in [-0.2, 0) is 9.47 Å². The van der Waals surface area contributed by atoms with E-state index < -0.39 is 11.7 Å². The van der Waals surface area contributed by atoms with Gasteiger partial charge in [0.05, 0.1) is 6.61 Å². The average molecular weight is 371 g/mol. The van der Waals surface area contributed by atoms with Crippen molar-refractivity contribution in [2.75, 3.05) is 32.8 Å². The molecule has 4 N–H and O–H groups in total. The topological polar surface area (TPSA) is 118 Å². The Bertz CT molecular complexity index is 482. The zero-order chi connectivity index (χ0) is 19.6. The third kappa shape index (κ3) is 9.33. The van der Waals surface area contributed by atoms with E-state index in [-0.39, 0.29) is 12.1 Å². The number of alkyl carbamates (subject to hydrolysis) is 1. The molecule has 1 fully saturated rings. The van der Waals surface area contributed by atoms with Crippen LogP contribution >= 0.6 is 0 Å². The summed E-state index contributed by atoms with van der Waals surface area (Å²) in [4.78, 5) is 29.1. The normalized spacial score (nSPS) is 16.2. The second-order valence-corrected chi connectivity index (χ2v) is 7.15. The number of nitrogens with zero attached hydrogens (tertiary/aromatic N) is 2. The zero-order valence-electron chi connectivity index (χ0n) is 16.3. The first-order valence-electron chi connectivity index (χ1n) is 9.16. The van der Waals surface area contributed by atoms with Crippen molar-refractivity contribution in [3.63, 3.8) is 0 Å². The first-order chi connectivity index (χ1) is 12.2. The molecule has 150 valence electrons. The number of guanidine groups is 1. The monoisotopic (exact) mass is 371 g/mol. The molecule has 0 aliphatic carbocycles. The maximum atomic E-state index is 11.7. The van der Waals surface area contributed by atoms with Gasteiger partial charge in [-0.25, -0.2) is 9.59 Å². The van der Waals surface area contributed by atoms with Crippen LogP contribution in [0, 0.1) is 0 Å². The SMILES string of the molecule is CCOC(=O)N1CCC(NC(N)=NCCCNC(=O)OC(C)(C)C)CC1. The molecule has 2 amide bonds. The first-order valence-corrected chi connectivity index (χ1v) is 9.16. The molecule has 1 aliphatic heterocycles. The van der Waals surface area contributed by atoms with Gasteiger partial charge in [-0.1, -0.05) is 0 Å². The molecule has 9 heteroatoms. The summed E-state index contributed by atoms with van der Waals surface area (Å²) < 4.78 is 10.1. The van der Waals surface area contributed by atoms with Gasteiger partial charge in [0.2, 0.25) is 0 Å². The number of nitrogens with two attached hydrogens (primary N) is 1. The van der Waals surface area contributed by atoms with E-state index in [1.54, 1.807) is 11.8 Å². The molecule has 1 rings (SSSR count). The van der Waals surface area contributed by atoms with Gasteiger partial charge in [-0.15, -0.1) is 0 Å². The molecule has 0 unspecified atom stereocenters. The summed E-state index contributed by atoms with van der Waals surface area (Å²) >= 11 is 0. The highest BCUT2D eigenvalue weighted by Crippen LogP contribution is 2.11. The minimum absolute atomic E-state index is 0.198. The van der Waals surface area contributed by atoms with Gasteiger partial charge in [-0.05, 0) is 47.0 Å². The van der Waals surface area contributed by atoms with Gasteiger partial charge in [-0.2, -0.15) is 0 Å². The molecule has 1 aliphatic rings. The van der Waals surface area contributed by atoms with E-state index in [4.69, 9.17) is 15.2 Å². The van der Waals surface area contributed by atoms with Crippen molar-refractivity contribution in [2.45, 2.75) is 58.6 Å². The molecule has 0 bridgehead atoms. The maximum Gasteiger partial charge on any atom is 0.409 e. The van der Waals surface area contributed by atoms with Gasteiger partial charge in [0, 0.05) is 32.2 Å². The number of nitrogens with one attached hydrogen (secondary N) is 2. The summed E-state index contributed by atoms with van der Waals surface area (Å²) in [6.45, 7) is 9.92. The van der Waals surface area contributed by atoms with E-state index in [9.17, 15) is 9.59 Å². The largest absolute Gasteiger partial charge is 0.450 e.